The van der Waals surface area contributed by atoms with E-state index in [0.717, 1.165) is 11.1 Å². The van der Waals surface area contributed by atoms with Gasteiger partial charge in [0.1, 0.15) is 5.82 Å². The number of nitrogens with one attached hydrogen (secondary N) is 1. The summed E-state index contributed by atoms with van der Waals surface area (Å²) in [6.07, 6.45) is 0. The van der Waals surface area contributed by atoms with Crippen molar-refractivity contribution in [1.29, 1.82) is 5.26 Å². The van der Waals surface area contributed by atoms with E-state index in [1.165, 1.54) is 12.1 Å². The lowest BCUT2D eigenvalue weighted by Crippen LogP contribution is -2.21. The van der Waals surface area contributed by atoms with Gasteiger partial charge in [0, 0.05) is 17.6 Å². The Labute approximate surface area is 129 Å². The van der Waals surface area contributed by atoms with E-state index in [1.54, 1.807) is 12.1 Å². The van der Waals surface area contributed by atoms with Crippen LogP contribution in [0.4, 0.5) is 4.39 Å². The lowest BCUT2D eigenvalue weighted by molar-refractivity contribution is 0.589. The Morgan fingerprint density at radius 1 is 1.19 bits per heavy atom. The predicted octanol–water partition coefficient (Wildman–Crippen LogP) is 4.52. The highest BCUT2D eigenvalue weighted by Gasteiger charge is 2.07. The van der Waals surface area contributed by atoms with E-state index in [0.29, 0.717) is 28.7 Å². The molecular formula is C17H16ClFN2. The maximum Gasteiger partial charge on any atom is 0.125 e. The molecule has 21 heavy (non-hydrogen) atoms. The largest absolute Gasteiger partial charge is 0.310 e. The van der Waals surface area contributed by atoms with E-state index in [9.17, 15) is 4.39 Å². The molecular weight excluding hydrogens is 287 g/mol. The van der Waals surface area contributed by atoms with Crippen molar-refractivity contribution >= 4 is 11.6 Å². The summed E-state index contributed by atoms with van der Waals surface area (Å²) in [6, 6.07) is 12.2. The summed E-state index contributed by atoms with van der Waals surface area (Å²) in [7, 11) is 0. The highest BCUT2D eigenvalue weighted by Crippen LogP contribution is 2.26. The van der Waals surface area contributed by atoms with Gasteiger partial charge >= 0.3 is 0 Å². The van der Waals surface area contributed by atoms with Crippen LogP contribution >= 0.6 is 11.6 Å². The molecule has 108 valence electrons. The lowest BCUT2D eigenvalue weighted by atomic mass is 10.0. The zero-order valence-corrected chi connectivity index (χ0v) is 12.7. The molecule has 0 amide bonds. The van der Waals surface area contributed by atoms with Crippen molar-refractivity contribution in [3.63, 3.8) is 0 Å². The SMILES string of the molecule is CC(C)NCc1cc(-c2cc(F)cc(C#N)c2)ccc1Cl. The molecule has 0 aliphatic heterocycles. The first kappa shape index (κ1) is 15.5. The van der Waals surface area contributed by atoms with Crippen LogP contribution < -0.4 is 5.32 Å². The zero-order valence-electron chi connectivity index (χ0n) is 12.0. The van der Waals surface area contributed by atoms with Crippen LogP contribution in [0.15, 0.2) is 36.4 Å². The standard InChI is InChI=1S/C17H16ClFN2/c1-11(2)21-10-15-7-13(3-4-17(15)18)14-5-12(9-20)6-16(19)8-14/h3-8,11,21H,10H2,1-2H3. The second kappa shape index (κ2) is 6.71. The highest BCUT2D eigenvalue weighted by molar-refractivity contribution is 6.31. The summed E-state index contributed by atoms with van der Waals surface area (Å²) < 4.78 is 13.5. The Morgan fingerprint density at radius 3 is 2.62 bits per heavy atom. The molecule has 0 unspecified atom stereocenters. The number of rotatable bonds is 4. The second-order valence-electron chi connectivity index (χ2n) is 5.18. The van der Waals surface area contributed by atoms with Crippen molar-refractivity contribution in [2.75, 3.05) is 0 Å². The molecule has 2 aromatic rings. The maximum atomic E-state index is 13.5. The number of hydrogen-bond donors (Lipinski definition) is 1. The molecule has 0 saturated heterocycles. The molecule has 2 aromatic carbocycles. The third kappa shape index (κ3) is 4.04. The van der Waals surface area contributed by atoms with Crippen LogP contribution in [0, 0.1) is 17.1 Å². The Bertz CT molecular complexity index is 690. The Morgan fingerprint density at radius 2 is 1.95 bits per heavy atom. The van der Waals surface area contributed by atoms with Gasteiger partial charge in [-0.1, -0.05) is 31.5 Å². The van der Waals surface area contributed by atoms with Crippen LogP contribution in [0.3, 0.4) is 0 Å². The molecule has 0 atom stereocenters. The average molecular weight is 303 g/mol. The molecule has 1 N–H and O–H groups in total. The van der Waals surface area contributed by atoms with Crippen molar-refractivity contribution in [2.45, 2.75) is 26.4 Å². The van der Waals surface area contributed by atoms with Crippen LogP contribution in [-0.2, 0) is 6.54 Å². The molecule has 2 nitrogen and oxygen atoms in total. The molecule has 0 aliphatic carbocycles. The normalized spacial score (nSPS) is 10.7. The first-order chi connectivity index (χ1) is 9.99. The number of benzene rings is 2. The number of halogens is 2. The summed E-state index contributed by atoms with van der Waals surface area (Å²) in [6.45, 7) is 4.76. The summed E-state index contributed by atoms with van der Waals surface area (Å²) in [5, 5.41) is 12.9. The molecule has 0 spiro atoms. The predicted molar refractivity (Wildman–Crippen MR) is 83.5 cm³/mol. The van der Waals surface area contributed by atoms with Gasteiger partial charge in [0.15, 0.2) is 0 Å². The molecule has 2 rings (SSSR count). The molecule has 0 bridgehead atoms. The highest BCUT2D eigenvalue weighted by atomic mass is 35.5. The fraction of sp³-hybridized carbons (Fsp3) is 0.235. The maximum absolute atomic E-state index is 13.5. The van der Waals surface area contributed by atoms with Crippen molar-refractivity contribution in [2.24, 2.45) is 0 Å². The lowest BCUT2D eigenvalue weighted by Gasteiger charge is -2.11. The third-order valence-electron chi connectivity index (χ3n) is 3.11. The Balaban J connectivity index is 2.39. The fourth-order valence-corrected chi connectivity index (χ4v) is 2.21. The van der Waals surface area contributed by atoms with Crippen molar-refractivity contribution < 1.29 is 4.39 Å². The minimum absolute atomic E-state index is 0.307. The second-order valence-corrected chi connectivity index (χ2v) is 5.59. The first-order valence-electron chi connectivity index (χ1n) is 6.72. The van der Waals surface area contributed by atoms with Crippen LogP contribution in [0.5, 0.6) is 0 Å². The van der Waals surface area contributed by atoms with Crippen molar-refractivity contribution in [3.8, 4) is 17.2 Å². The molecule has 0 aliphatic rings. The van der Waals surface area contributed by atoms with Crippen LogP contribution in [0.1, 0.15) is 25.0 Å². The monoisotopic (exact) mass is 302 g/mol. The minimum Gasteiger partial charge on any atom is -0.310 e. The van der Waals surface area contributed by atoms with Gasteiger partial charge in [-0.25, -0.2) is 4.39 Å². The van der Waals surface area contributed by atoms with Gasteiger partial charge in [-0.05, 0) is 47.0 Å². The van der Waals surface area contributed by atoms with Crippen LogP contribution in [-0.4, -0.2) is 6.04 Å². The van der Waals surface area contributed by atoms with Crippen molar-refractivity contribution in [3.05, 3.63) is 58.4 Å². The third-order valence-corrected chi connectivity index (χ3v) is 3.48. The molecule has 0 fully saturated rings. The van der Waals surface area contributed by atoms with Gasteiger partial charge in [0.05, 0.1) is 11.6 Å². The smallest absolute Gasteiger partial charge is 0.125 e. The summed E-state index contributed by atoms with van der Waals surface area (Å²) in [5.41, 5.74) is 2.78. The summed E-state index contributed by atoms with van der Waals surface area (Å²) >= 11 is 6.19. The topological polar surface area (TPSA) is 35.8 Å². The Hall–Kier alpha value is -1.89. The van der Waals surface area contributed by atoms with Crippen LogP contribution in [0.2, 0.25) is 5.02 Å². The van der Waals surface area contributed by atoms with Crippen LogP contribution in [0.25, 0.3) is 11.1 Å². The molecule has 4 heteroatoms. The minimum atomic E-state index is -0.416. The summed E-state index contributed by atoms with van der Waals surface area (Å²) in [4.78, 5) is 0. The molecule has 0 saturated carbocycles. The zero-order chi connectivity index (χ0) is 15.4. The van der Waals surface area contributed by atoms with E-state index in [2.05, 4.69) is 19.2 Å². The number of hydrogen-bond acceptors (Lipinski definition) is 2. The van der Waals surface area contributed by atoms with E-state index < -0.39 is 5.82 Å². The molecule has 0 aromatic heterocycles. The quantitative estimate of drug-likeness (QED) is 0.901. The number of nitrogens with zero attached hydrogens (tertiary/aromatic N) is 1. The van der Waals surface area contributed by atoms with Gasteiger partial charge in [0.25, 0.3) is 0 Å². The van der Waals surface area contributed by atoms with Gasteiger partial charge in [-0.15, -0.1) is 0 Å². The van der Waals surface area contributed by atoms with E-state index in [1.807, 2.05) is 18.2 Å². The fourth-order valence-electron chi connectivity index (χ4n) is 2.02. The van der Waals surface area contributed by atoms with Gasteiger partial charge in [-0.3, -0.25) is 0 Å². The molecule has 0 radical (unpaired) electrons. The summed E-state index contributed by atoms with van der Waals surface area (Å²) in [5.74, 6) is -0.416. The average Bonchev–Trinajstić information content (AvgIpc) is 2.45. The first-order valence-corrected chi connectivity index (χ1v) is 7.10. The van der Waals surface area contributed by atoms with E-state index in [-0.39, 0.29) is 0 Å². The van der Waals surface area contributed by atoms with Gasteiger partial charge in [-0.2, -0.15) is 5.26 Å². The van der Waals surface area contributed by atoms with E-state index >= 15 is 0 Å². The van der Waals surface area contributed by atoms with E-state index in [4.69, 9.17) is 16.9 Å². The van der Waals surface area contributed by atoms with Gasteiger partial charge in [0.2, 0.25) is 0 Å². The Kier molecular flexibility index (Phi) is 4.95. The van der Waals surface area contributed by atoms with Gasteiger partial charge < -0.3 is 5.32 Å². The molecule has 0 heterocycles. The number of nitriles is 1. The van der Waals surface area contributed by atoms with Crippen molar-refractivity contribution in [1.82, 2.24) is 5.32 Å².